The number of anilines is 1. The number of rotatable bonds is 5. The molecule has 0 bridgehead atoms. The number of carbonyl (C=O) groups is 1. The van der Waals surface area contributed by atoms with Crippen LogP contribution in [-0.2, 0) is 16.6 Å². The van der Waals surface area contributed by atoms with Crippen molar-refractivity contribution in [1.29, 1.82) is 0 Å². The third-order valence-electron chi connectivity index (χ3n) is 6.46. The van der Waals surface area contributed by atoms with Crippen molar-refractivity contribution in [3.8, 4) is 5.75 Å². The third-order valence-corrected chi connectivity index (χ3v) is 6.46. The molecule has 1 aromatic heterocycles. The van der Waals surface area contributed by atoms with Gasteiger partial charge in [0, 0.05) is 37.0 Å². The fraction of sp³-hybridized carbons (Fsp3) is 0.286. The minimum absolute atomic E-state index is 0.0228. The maximum atomic E-state index is 13.9. The molecule has 0 aliphatic carbocycles. The predicted molar refractivity (Wildman–Crippen MR) is 138 cm³/mol. The largest absolute Gasteiger partial charge is 0.483 e. The number of nitrogens with zero attached hydrogens (tertiary/aromatic N) is 1. The van der Waals surface area contributed by atoms with Crippen LogP contribution in [0.4, 0.5) is 5.69 Å². The quantitative estimate of drug-likeness (QED) is 0.248. The van der Waals surface area contributed by atoms with Gasteiger partial charge in [0.2, 0.25) is 0 Å². The van der Waals surface area contributed by atoms with E-state index in [2.05, 4.69) is 28.1 Å². The Labute approximate surface area is 197 Å². The van der Waals surface area contributed by atoms with Crippen molar-refractivity contribution in [2.24, 2.45) is 7.05 Å². The van der Waals surface area contributed by atoms with E-state index in [0.29, 0.717) is 35.8 Å². The molecule has 4 aromatic rings. The summed E-state index contributed by atoms with van der Waals surface area (Å²) in [7, 11) is 3.38. The zero-order chi connectivity index (χ0) is 24.0. The van der Waals surface area contributed by atoms with Crippen LogP contribution in [0.5, 0.6) is 5.75 Å². The summed E-state index contributed by atoms with van der Waals surface area (Å²) in [6.45, 7) is 4.54. The van der Waals surface area contributed by atoms with E-state index in [-0.39, 0.29) is 11.4 Å². The zero-order valence-corrected chi connectivity index (χ0v) is 19.9. The molecule has 3 aromatic carbocycles. The zero-order valence-electron chi connectivity index (χ0n) is 19.9. The van der Waals surface area contributed by atoms with Gasteiger partial charge in [-0.15, -0.1) is 0 Å². The van der Waals surface area contributed by atoms with Gasteiger partial charge in [-0.2, -0.15) is 0 Å². The number of hydrogen-bond donors (Lipinski definition) is 1. The number of aryl methyl sites for hydroxylation is 1. The van der Waals surface area contributed by atoms with Crippen LogP contribution in [0, 0.1) is 0 Å². The molecule has 0 saturated carbocycles. The lowest BCUT2D eigenvalue weighted by atomic mass is 9.96. The van der Waals surface area contributed by atoms with Crippen LogP contribution in [0.25, 0.3) is 38.7 Å². The van der Waals surface area contributed by atoms with Gasteiger partial charge in [0.15, 0.2) is 5.43 Å². The van der Waals surface area contributed by atoms with Gasteiger partial charge in [0.1, 0.15) is 11.4 Å². The second kappa shape index (κ2) is 8.20. The highest BCUT2D eigenvalue weighted by molar-refractivity contribution is 6.08. The van der Waals surface area contributed by atoms with Crippen molar-refractivity contribution in [3.05, 3.63) is 64.3 Å². The molecule has 5 rings (SSSR count). The number of fused-ring (bicyclic) bond motifs is 5. The highest BCUT2D eigenvalue weighted by Crippen LogP contribution is 2.40. The van der Waals surface area contributed by atoms with Gasteiger partial charge in [-0.1, -0.05) is 24.3 Å². The first-order valence-corrected chi connectivity index (χ1v) is 11.5. The fourth-order valence-corrected chi connectivity index (χ4v) is 4.73. The molecule has 174 valence electrons. The lowest BCUT2D eigenvalue weighted by molar-refractivity contribution is -0.140. The number of ether oxygens (including phenoxy) is 2. The van der Waals surface area contributed by atoms with Crippen LogP contribution in [0.2, 0.25) is 0 Å². The van der Waals surface area contributed by atoms with Crippen molar-refractivity contribution < 1.29 is 14.3 Å². The molecule has 0 spiro atoms. The topological polar surface area (TPSA) is 69.6 Å². The summed E-state index contributed by atoms with van der Waals surface area (Å²) in [4.78, 5) is 25.4. The van der Waals surface area contributed by atoms with E-state index in [1.54, 1.807) is 0 Å². The Morgan fingerprint density at radius 3 is 2.62 bits per heavy atom. The first-order valence-electron chi connectivity index (χ1n) is 11.5. The minimum Gasteiger partial charge on any atom is -0.483 e. The normalized spacial score (nSPS) is 14.2. The van der Waals surface area contributed by atoms with Gasteiger partial charge in [-0.05, 0) is 55.3 Å². The SMILES string of the molecule is COC(=O)CCCNc1cc2c(c3c1c(=O)c1cc4ccccc4cc1n3C)C=CC(C)(C)O2. The molecular weight excluding hydrogens is 428 g/mol. The van der Waals surface area contributed by atoms with Crippen LogP contribution in [0.1, 0.15) is 32.3 Å². The summed E-state index contributed by atoms with van der Waals surface area (Å²) in [5, 5.41) is 6.80. The number of aromatic nitrogens is 1. The van der Waals surface area contributed by atoms with E-state index in [0.717, 1.165) is 33.1 Å². The molecule has 2 heterocycles. The van der Waals surface area contributed by atoms with E-state index in [9.17, 15) is 9.59 Å². The molecule has 0 radical (unpaired) electrons. The summed E-state index contributed by atoms with van der Waals surface area (Å²) < 4.78 is 13.1. The van der Waals surface area contributed by atoms with Crippen LogP contribution >= 0.6 is 0 Å². The Morgan fingerprint density at radius 1 is 1.15 bits per heavy atom. The fourth-order valence-electron chi connectivity index (χ4n) is 4.73. The van der Waals surface area contributed by atoms with Gasteiger partial charge >= 0.3 is 5.97 Å². The minimum atomic E-state index is -0.450. The van der Waals surface area contributed by atoms with Gasteiger partial charge in [0.25, 0.3) is 0 Å². The summed E-state index contributed by atoms with van der Waals surface area (Å²) in [5.74, 6) is 0.478. The number of pyridine rings is 1. The third kappa shape index (κ3) is 3.69. The van der Waals surface area contributed by atoms with Crippen LogP contribution in [0.3, 0.4) is 0 Å². The lowest BCUT2D eigenvalue weighted by Gasteiger charge is -2.30. The highest BCUT2D eigenvalue weighted by Gasteiger charge is 2.26. The second-order valence-electron chi connectivity index (χ2n) is 9.31. The molecule has 1 aliphatic heterocycles. The van der Waals surface area contributed by atoms with Gasteiger partial charge in [-0.25, -0.2) is 0 Å². The number of esters is 1. The van der Waals surface area contributed by atoms with Gasteiger partial charge in [0.05, 0.1) is 29.2 Å². The van der Waals surface area contributed by atoms with E-state index < -0.39 is 5.60 Å². The molecule has 0 fully saturated rings. The molecule has 1 aliphatic rings. The second-order valence-corrected chi connectivity index (χ2v) is 9.31. The standard InChI is InChI=1S/C28H28N2O4/c1-28(2)12-11-19-23(34-28)16-21(29-13-7-10-24(31)33-4)25-26(19)30(3)22-15-18-9-6-5-8-17(18)14-20(22)27(25)32/h5-6,8-9,11-12,14-16,29H,7,10,13H2,1-4H3. The summed E-state index contributed by atoms with van der Waals surface area (Å²) in [5.41, 5.74) is 2.83. The summed E-state index contributed by atoms with van der Waals surface area (Å²) >= 11 is 0. The molecule has 6 heteroatoms. The Kier molecular flexibility index (Phi) is 5.31. The van der Waals surface area contributed by atoms with Crippen molar-refractivity contribution in [2.45, 2.75) is 32.3 Å². The summed E-state index contributed by atoms with van der Waals surface area (Å²) in [6, 6.07) is 14.0. The number of methoxy groups -OCH3 is 1. The molecule has 0 atom stereocenters. The van der Waals surface area contributed by atoms with E-state index in [1.165, 1.54) is 7.11 Å². The molecule has 34 heavy (non-hydrogen) atoms. The molecule has 0 saturated heterocycles. The van der Waals surface area contributed by atoms with Gasteiger partial charge < -0.3 is 19.4 Å². The maximum Gasteiger partial charge on any atom is 0.305 e. The van der Waals surface area contributed by atoms with Crippen molar-refractivity contribution in [3.63, 3.8) is 0 Å². The van der Waals surface area contributed by atoms with Crippen LogP contribution < -0.4 is 15.5 Å². The van der Waals surface area contributed by atoms with E-state index >= 15 is 0 Å². The maximum absolute atomic E-state index is 13.9. The predicted octanol–water partition coefficient (Wildman–Crippen LogP) is 5.39. The number of hydrogen-bond acceptors (Lipinski definition) is 5. The lowest BCUT2D eigenvalue weighted by Crippen LogP contribution is -2.28. The first-order chi connectivity index (χ1) is 16.3. The molecule has 0 amide bonds. The van der Waals surface area contributed by atoms with Gasteiger partial charge in [-0.3, -0.25) is 9.59 Å². The molecule has 1 N–H and O–H groups in total. The first kappa shape index (κ1) is 22.0. The molecule has 6 nitrogen and oxygen atoms in total. The van der Waals surface area contributed by atoms with Crippen molar-refractivity contribution in [1.82, 2.24) is 4.57 Å². The monoisotopic (exact) mass is 456 g/mol. The van der Waals surface area contributed by atoms with E-state index in [1.807, 2.05) is 57.3 Å². The van der Waals surface area contributed by atoms with Crippen LogP contribution in [0.15, 0.2) is 53.3 Å². The number of benzene rings is 3. The summed E-state index contributed by atoms with van der Waals surface area (Å²) in [6.07, 6.45) is 4.98. The smallest absolute Gasteiger partial charge is 0.305 e. The van der Waals surface area contributed by atoms with Crippen molar-refractivity contribution >= 4 is 50.3 Å². The Hall–Kier alpha value is -3.80. The van der Waals surface area contributed by atoms with Crippen molar-refractivity contribution in [2.75, 3.05) is 19.0 Å². The molecular formula is C28H28N2O4. The average molecular weight is 457 g/mol. The Balaban J connectivity index is 1.76. The number of nitrogens with one attached hydrogen (secondary N) is 1. The molecule has 0 unspecified atom stereocenters. The Morgan fingerprint density at radius 2 is 1.88 bits per heavy atom. The number of carbonyl (C=O) groups excluding carboxylic acids is 1. The van der Waals surface area contributed by atoms with E-state index in [4.69, 9.17) is 9.47 Å². The van der Waals surface area contributed by atoms with Crippen LogP contribution in [-0.4, -0.2) is 29.8 Å². The average Bonchev–Trinajstić information content (AvgIpc) is 2.82. The Bertz CT molecular complexity index is 1550. The highest BCUT2D eigenvalue weighted by atomic mass is 16.5.